The smallest absolute Gasteiger partial charge is 0.409 e. The van der Waals surface area contributed by atoms with Gasteiger partial charge in [0, 0.05) is 19.2 Å². The minimum absolute atomic E-state index is 0.00886. The van der Waals surface area contributed by atoms with Crippen molar-refractivity contribution < 1.29 is 37.3 Å². The van der Waals surface area contributed by atoms with Crippen LogP contribution in [0.15, 0.2) is 71.6 Å². The lowest BCUT2D eigenvalue weighted by molar-refractivity contribution is -0.0690. The van der Waals surface area contributed by atoms with Gasteiger partial charge in [0.2, 0.25) is 16.8 Å². The number of ether oxygens (including phenoxy) is 4. The maximum atomic E-state index is 13.9. The van der Waals surface area contributed by atoms with Crippen molar-refractivity contribution in [3.8, 4) is 17.2 Å². The molecule has 2 atom stereocenters. The number of nitrogens with zero attached hydrogens (tertiary/aromatic N) is 2. The topological polar surface area (TPSA) is 115 Å². The Labute approximate surface area is 259 Å². The number of carboxylic acid groups (broad SMARTS) is 1. The largest absolute Gasteiger partial charge is 0.489 e. The van der Waals surface area contributed by atoms with Crippen LogP contribution in [0.3, 0.4) is 0 Å². The number of amides is 1. The van der Waals surface area contributed by atoms with Gasteiger partial charge in [0.25, 0.3) is 0 Å². The van der Waals surface area contributed by atoms with Crippen LogP contribution in [-0.2, 0) is 27.8 Å². The van der Waals surface area contributed by atoms with Crippen molar-refractivity contribution in [3.05, 3.63) is 83.4 Å². The molecule has 1 amide bonds. The highest BCUT2D eigenvalue weighted by atomic mass is 32.2. The van der Waals surface area contributed by atoms with Gasteiger partial charge in [-0.1, -0.05) is 55.8 Å². The molecule has 2 unspecified atom stereocenters. The van der Waals surface area contributed by atoms with Gasteiger partial charge in [-0.15, -0.1) is 0 Å². The molecule has 0 spiro atoms. The molecule has 2 aliphatic rings. The van der Waals surface area contributed by atoms with Crippen molar-refractivity contribution >= 4 is 16.1 Å². The van der Waals surface area contributed by atoms with E-state index in [4.69, 9.17) is 18.9 Å². The van der Waals surface area contributed by atoms with Gasteiger partial charge >= 0.3 is 6.09 Å². The van der Waals surface area contributed by atoms with E-state index in [1.54, 1.807) is 19.9 Å². The zero-order valence-electron chi connectivity index (χ0n) is 25.7. The Bertz CT molecular complexity index is 1590. The van der Waals surface area contributed by atoms with E-state index in [0.29, 0.717) is 30.3 Å². The summed E-state index contributed by atoms with van der Waals surface area (Å²) in [5, 5.41) is 10.2. The average Bonchev–Trinajstić information content (AvgIpc) is 3.52. The Morgan fingerprint density at radius 2 is 1.77 bits per heavy atom. The molecule has 0 saturated carbocycles. The molecule has 10 nitrogen and oxygen atoms in total. The lowest BCUT2D eigenvalue weighted by Gasteiger charge is -2.31. The van der Waals surface area contributed by atoms with Gasteiger partial charge in [-0.25, -0.2) is 13.2 Å². The van der Waals surface area contributed by atoms with Crippen molar-refractivity contribution in [2.75, 3.05) is 19.9 Å². The van der Waals surface area contributed by atoms with E-state index in [2.05, 4.69) is 6.07 Å². The van der Waals surface area contributed by atoms with Crippen LogP contribution < -0.4 is 14.2 Å². The molecular formula is C33H40N2O8S. The zero-order valence-corrected chi connectivity index (χ0v) is 26.5. The van der Waals surface area contributed by atoms with E-state index >= 15 is 0 Å². The summed E-state index contributed by atoms with van der Waals surface area (Å²) in [5.41, 5.74) is 1.95. The Morgan fingerprint density at radius 1 is 1.05 bits per heavy atom. The molecule has 2 aliphatic heterocycles. The highest BCUT2D eigenvalue weighted by Gasteiger charge is 2.51. The van der Waals surface area contributed by atoms with Crippen LogP contribution in [0.2, 0.25) is 0 Å². The summed E-state index contributed by atoms with van der Waals surface area (Å²) in [6.07, 6.45) is -1.52. The lowest BCUT2D eigenvalue weighted by Crippen LogP contribution is -2.50. The summed E-state index contributed by atoms with van der Waals surface area (Å²) in [7, 11) is -3.98. The summed E-state index contributed by atoms with van der Waals surface area (Å²) >= 11 is 0. The Kier molecular flexibility index (Phi) is 9.10. The Balaban J connectivity index is 1.37. The van der Waals surface area contributed by atoms with Crippen LogP contribution in [-0.4, -0.2) is 66.6 Å². The van der Waals surface area contributed by atoms with Crippen LogP contribution in [0.1, 0.15) is 44.4 Å². The van der Waals surface area contributed by atoms with Gasteiger partial charge in [0.05, 0.1) is 17.0 Å². The van der Waals surface area contributed by atoms with E-state index in [1.807, 2.05) is 63.2 Å². The Morgan fingerprint density at radius 3 is 2.45 bits per heavy atom. The number of benzene rings is 3. The molecule has 44 heavy (non-hydrogen) atoms. The standard InChI is InChI=1S/C33H40N2O8S/c1-22(2)18-34(44(38,39)27-13-14-29-30(17-27)42-21-41-29)19-31-28(35(32(36)37)33(4,5)43-31)16-24-9-11-26(12-10-24)40-20-25-8-6-7-23(3)15-25/h6-15,17,22,28,31H,16,18-21H2,1-5H3,(H,36,37). The van der Waals surface area contributed by atoms with Crippen molar-refractivity contribution in [3.63, 3.8) is 0 Å². The third-order valence-corrected chi connectivity index (χ3v) is 9.60. The SMILES string of the molecule is Cc1cccc(COc2ccc(CC3C(CN(CC(C)C)S(=O)(=O)c4ccc5c(c4)OCO5)OC(C)(C)N3C(=O)O)cc2)c1. The van der Waals surface area contributed by atoms with Gasteiger partial charge in [-0.05, 0) is 68.5 Å². The molecular weight excluding hydrogens is 584 g/mol. The molecule has 1 saturated heterocycles. The summed E-state index contributed by atoms with van der Waals surface area (Å²) in [6, 6.07) is 19.6. The molecule has 11 heteroatoms. The molecule has 236 valence electrons. The predicted molar refractivity (Wildman–Crippen MR) is 164 cm³/mol. The van der Waals surface area contributed by atoms with Crippen LogP contribution in [0.4, 0.5) is 4.79 Å². The molecule has 3 aromatic rings. The molecule has 0 radical (unpaired) electrons. The molecule has 5 rings (SSSR count). The number of aryl methyl sites for hydroxylation is 1. The fourth-order valence-electron chi connectivity index (χ4n) is 5.82. The van der Waals surface area contributed by atoms with Gasteiger partial charge in [-0.2, -0.15) is 4.31 Å². The molecule has 0 aliphatic carbocycles. The molecule has 1 N–H and O–H groups in total. The number of fused-ring (bicyclic) bond motifs is 1. The zero-order chi connectivity index (χ0) is 31.6. The summed E-state index contributed by atoms with van der Waals surface area (Å²) in [4.78, 5) is 13.9. The number of hydrogen-bond acceptors (Lipinski definition) is 7. The van der Waals surface area contributed by atoms with Crippen molar-refractivity contribution in [1.82, 2.24) is 9.21 Å². The fourth-order valence-corrected chi connectivity index (χ4v) is 7.45. The van der Waals surface area contributed by atoms with Gasteiger partial charge in [0.15, 0.2) is 11.5 Å². The number of carbonyl (C=O) groups is 1. The fraction of sp³-hybridized carbons (Fsp3) is 0.424. The third kappa shape index (κ3) is 6.95. The first-order chi connectivity index (χ1) is 20.8. The Hall–Kier alpha value is -3.80. The van der Waals surface area contributed by atoms with Crippen LogP contribution in [0, 0.1) is 12.8 Å². The van der Waals surface area contributed by atoms with Crippen LogP contribution >= 0.6 is 0 Å². The predicted octanol–water partition coefficient (Wildman–Crippen LogP) is 5.68. The lowest BCUT2D eigenvalue weighted by atomic mass is 10.00. The quantitative estimate of drug-likeness (QED) is 0.290. The average molecular weight is 625 g/mol. The van der Waals surface area contributed by atoms with Gasteiger partial charge in [-0.3, -0.25) is 4.90 Å². The van der Waals surface area contributed by atoms with Crippen LogP contribution in [0.5, 0.6) is 17.2 Å². The molecule has 2 heterocycles. The van der Waals surface area contributed by atoms with E-state index in [1.165, 1.54) is 21.3 Å². The second kappa shape index (κ2) is 12.7. The second-order valence-corrected chi connectivity index (χ2v) is 14.1. The molecule has 1 fully saturated rings. The monoisotopic (exact) mass is 624 g/mol. The first kappa shape index (κ1) is 31.6. The normalized spacial score (nSPS) is 19.1. The van der Waals surface area contributed by atoms with E-state index in [0.717, 1.165) is 16.7 Å². The first-order valence-corrected chi connectivity index (χ1v) is 16.1. The van der Waals surface area contributed by atoms with E-state index in [9.17, 15) is 18.3 Å². The number of hydrogen-bond donors (Lipinski definition) is 1. The highest BCUT2D eigenvalue weighted by molar-refractivity contribution is 7.89. The van der Waals surface area contributed by atoms with Crippen LogP contribution in [0.25, 0.3) is 0 Å². The summed E-state index contributed by atoms with van der Waals surface area (Å²) in [6.45, 7) is 9.96. The van der Waals surface area contributed by atoms with Crippen molar-refractivity contribution in [2.24, 2.45) is 5.92 Å². The number of rotatable bonds is 11. The molecule has 3 aromatic carbocycles. The van der Waals surface area contributed by atoms with Crippen molar-refractivity contribution in [2.45, 2.75) is 70.4 Å². The first-order valence-electron chi connectivity index (χ1n) is 14.7. The maximum Gasteiger partial charge on any atom is 0.409 e. The van der Waals surface area contributed by atoms with E-state index in [-0.39, 0.29) is 30.7 Å². The van der Waals surface area contributed by atoms with Crippen molar-refractivity contribution in [1.29, 1.82) is 0 Å². The minimum Gasteiger partial charge on any atom is -0.489 e. The van der Waals surface area contributed by atoms with Gasteiger partial charge < -0.3 is 24.1 Å². The summed E-state index contributed by atoms with van der Waals surface area (Å²) in [5.74, 6) is 1.57. The minimum atomic E-state index is -3.98. The van der Waals surface area contributed by atoms with E-state index < -0.39 is 34.0 Å². The third-order valence-electron chi connectivity index (χ3n) is 7.78. The second-order valence-electron chi connectivity index (χ2n) is 12.2. The van der Waals surface area contributed by atoms with Gasteiger partial charge in [0.1, 0.15) is 18.1 Å². The molecule has 0 aromatic heterocycles. The molecule has 0 bridgehead atoms. The maximum absolute atomic E-state index is 13.9. The highest BCUT2D eigenvalue weighted by Crippen LogP contribution is 2.37. The number of sulfonamides is 1. The summed E-state index contributed by atoms with van der Waals surface area (Å²) < 4.78 is 52.3.